The molecule has 0 saturated heterocycles. The molecule has 2 aromatic carbocycles. The molecule has 0 aliphatic carbocycles. The van der Waals surface area contributed by atoms with Crippen LogP contribution in [-0.4, -0.2) is 19.8 Å². The molecule has 0 spiro atoms. The Bertz CT molecular complexity index is 657. The normalized spacial score (nSPS) is 10.4. The molecule has 4 nitrogen and oxygen atoms in total. The molecular formula is C17H17FN4. The molecule has 0 amide bonds. The Kier molecular flexibility index (Phi) is 5.50. The number of hydrogen-bond acceptors (Lipinski definition) is 4. The maximum atomic E-state index is 12.8. The predicted octanol–water partition coefficient (Wildman–Crippen LogP) is 3.62. The number of rotatable bonds is 6. The van der Waals surface area contributed by atoms with Gasteiger partial charge in [0.2, 0.25) is 0 Å². The number of nitriles is 1. The van der Waals surface area contributed by atoms with Crippen LogP contribution in [0.5, 0.6) is 0 Å². The third-order valence-electron chi connectivity index (χ3n) is 3.14. The van der Waals surface area contributed by atoms with Gasteiger partial charge in [-0.2, -0.15) is 10.4 Å². The van der Waals surface area contributed by atoms with Gasteiger partial charge in [-0.05, 0) is 42.0 Å². The fourth-order valence-electron chi connectivity index (χ4n) is 1.87. The second kappa shape index (κ2) is 7.79. The first-order valence-electron chi connectivity index (χ1n) is 6.92. The van der Waals surface area contributed by atoms with Crippen LogP contribution in [0.2, 0.25) is 0 Å². The molecule has 0 aliphatic heterocycles. The molecule has 2 aromatic rings. The minimum Gasteiger partial charge on any atom is -0.374 e. The lowest BCUT2D eigenvalue weighted by molar-refractivity contribution is 0.628. The summed E-state index contributed by atoms with van der Waals surface area (Å²) in [5.74, 6) is -0.273. The van der Waals surface area contributed by atoms with Crippen LogP contribution in [-0.2, 0) is 0 Å². The molecule has 0 radical (unpaired) electrons. The summed E-state index contributed by atoms with van der Waals surface area (Å²) in [5, 5.41) is 12.7. The average molecular weight is 296 g/mol. The molecule has 0 saturated carbocycles. The fraction of sp³-hybridized carbons (Fsp3) is 0.176. The number of anilines is 2. The second-order valence-electron chi connectivity index (χ2n) is 4.80. The van der Waals surface area contributed by atoms with Crippen molar-refractivity contribution >= 4 is 17.6 Å². The lowest BCUT2D eigenvalue weighted by Crippen LogP contribution is -2.17. The summed E-state index contributed by atoms with van der Waals surface area (Å²) >= 11 is 0. The Morgan fingerprint density at radius 3 is 2.50 bits per heavy atom. The molecule has 22 heavy (non-hydrogen) atoms. The summed E-state index contributed by atoms with van der Waals surface area (Å²) in [7, 11) is 1.95. The van der Waals surface area contributed by atoms with Gasteiger partial charge in [-0.15, -0.1) is 0 Å². The highest BCUT2D eigenvalue weighted by atomic mass is 19.1. The van der Waals surface area contributed by atoms with Crippen LogP contribution >= 0.6 is 0 Å². The molecular weight excluding hydrogens is 279 g/mol. The van der Waals surface area contributed by atoms with Gasteiger partial charge in [-0.25, -0.2) is 4.39 Å². The van der Waals surface area contributed by atoms with E-state index in [-0.39, 0.29) is 5.82 Å². The minimum absolute atomic E-state index is 0.273. The first-order valence-corrected chi connectivity index (χ1v) is 6.92. The lowest BCUT2D eigenvalue weighted by Gasteiger charge is -2.17. The summed E-state index contributed by atoms with van der Waals surface area (Å²) in [6, 6.07) is 16.0. The number of nitrogens with one attached hydrogen (secondary N) is 1. The van der Waals surface area contributed by atoms with Gasteiger partial charge in [0, 0.05) is 19.3 Å². The number of nitrogens with zero attached hydrogens (tertiary/aromatic N) is 3. The van der Waals surface area contributed by atoms with Crippen LogP contribution in [0.15, 0.2) is 53.6 Å². The van der Waals surface area contributed by atoms with Gasteiger partial charge < -0.3 is 4.90 Å². The highest BCUT2D eigenvalue weighted by Gasteiger charge is 1.99. The maximum absolute atomic E-state index is 12.8. The van der Waals surface area contributed by atoms with Crippen LogP contribution in [0, 0.1) is 17.1 Å². The Morgan fingerprint density at radius 2 is 1.86 bits per heavy atom. The summed E-state index contributed by atoms with van der Waals surface area (Å²) in [5.41, 5.74) is 5.57. The summed E-state index contributed by atoms with van der Waals surface area (Å²) in [6.45, 7) is 0.704. The van der Waals surface area contributed by atoms with Gasteiger partial charge in [0.25, 0.3) is 0 Å². The summed E-state index contributed by atoms with van der Waals surface area (Å²) < 4.78 is 12.8. The van der Waals surface area contributed by atoms with E-state index in [4.69, 9.17) is 5.26 Å². The van der Waals surface area contributed by atoms with E-state index < -0.39 is 0 Å². The predicted molar refractivity (Wildman–Crippen MR) is 87.6 cm³/mol. The van der Waals surface area contributed by atoms with Crippen molar-refractivity contribution in [1.29, 1.82) is 5.26 Å². The molecule has 0 bridgehead atoms. The molecule has 1 N–H and O–H groups in total. The first-order chi connectivity index (χ1) is 10.7. The van der Waals surface area contributed by atoms with E-state index in [1.54, 1.807) is 18.3 Å². The third kappa shape index (κ3) is 4.60. The lowest BCUT2D eigenvalue weighted by atomic mass is 10.2. The Balaban J connectivity index is 1.92. The minimum atomic E-state index is -0.273. The van der Waals surface area contributed by atoms with E-state index in [0.717, 1.165) is 16.9 Å². The number of hydrazone groups is 1. The zero-order valence-corrected chi connectivity index (χ0v) is 12.3. The second-order valence-corrected chi connectivity index (χ2v) is 4.80. The highest BCUT2D eigenvalue weighted by molar-refractivity contribution is 5.80. The molecule has 0 unspecified atom stereocenters. The quantitative estimate of drug-likeness (QED) is 0.654. The SMILES string of the molecule is CN(CCC#N)c1ccc(/C=N\Nc2ccc(F)cc2)cc1. The third-order valence-corrected chi connectivity index (χ3v) is 3.14. The topological polar surface area (TPSA) is 51.4 Å². The van der Waals surface area contributed by atoms with Crippen molar-refractivity contribution < 1.29 is 4.39 Å². The van der Waals surface area contributed by atoms with E-state index in [1.165, 1.54) is 12.1 Å². The fourth-order valence-corrected chi connectivity index (χ4v) is 1.87. The van der Waals surface area contributed by atoms with Crippen LogP contribution in [0.3, 0.4) is 0 Å². The zero-order valence-electron chi connectivity index (χ0n) is 12.3. The van der Waals surface area contributed by atoms with E-state index >= 15 is 0 Å². The molecule has 0 aromatic heterocycles. The average Bonchev–Trinajstić information content (AvgIpc) is 2.55. The van der Waals surface area contributed by atoms with Gasteiger partial charge in [0.05, 0.1) is 24.4 Å². The monoisotopic (exact) mass is 296 g/mol. The number of benzene rings is 2. The molecule has 5 heteroatoms. The van der Waals surface area contributed by atoms with Gasteiger partial charge in [-0.3, -0.25) is 5.43 Å². The van der Waals surface area contributed by atoms with Gasteiger partial charge >= 0.3 is 0 Å². The van der Waals surface area contributed by atoms with Crippen molar-refractivity contribution in [2.45, 2.75) is 6.42 Å². The number of halogens is 1. The van der Waals surface area contributed by atoms with E-state index in [2.05, 4.69) is 16.6 Å². The summed E-state index contributed by atoms with van der Waals surface area (Å²) in [6.07, 6.45) is 2.20. The zero-order chi connectivity index (χ0) is 15.8. The van der Waals surface area contributed by atoms with Crippen molar-refractivity contribution in [2.24, 2.45) is 5.10 Å². The maximum Gasteiger partial charge on any atom is 0.123 e. The van der Waals surface area contributed by atoms with Crippen molar-refractivity contribution in [3.05, 3.63) is 59.9 Å². The Hall–Kier alpha value is -2.87. The van der Waals surface area contributed by atoms with Crippen molar-refractivity contribution in [3.8, 4) is 6.07 Å². The van der Waals surface area contributed by atoms with Gasteiger partial charge in [0.15, 0.2) is 0 Å². The molecule has 112 valence electrons. The molecule has 0 fully saturated rings. The van der Waals surface area contributed by atoms with Crippen LogP contribution in [0.1, 0.15) is 12.0 Å². The largest absolute Gasteiger partial charge is 0.374 e. The molecule has 0 atom stereocenters. The standard InChI is InChI=1S/C17H17FN4/c1-22(12-2-11-19)17-9-3-14(4-10-17)13-20-21-16-7-5-15(18)6-8-16/h3-10,13,21H,2,12H2,1H3/b20-13-. The van der Waals surface area contributed by atoms with Crippen LogP contribution in [0.25, 0.3) is 0 Å². The molecule has 0 aliphatic rings. The van der Waals surface area contributed by atoms with E-state index in [1.807, 2.05) is 36.2 Å². The Labute approximate surface area is 129 Å². The number of hydrogen-bond donors (Lipinski definition) is 1. The smallest absolute Gasteiger partial charge is 0.123 e. The molecule has 0 heterocycles. The molecule has 2 rings (SSSR count). The van der Waals surface area contributed by atoms with Gasteiger partial charge in [-0.1, -0.05) is 12.1 Å². The Morgan fingerprint density at radius 1 is 1.18 bits per heavy atom. The van der Waals surface area contributed by atoms with Crippen LogP contribution < -0.4 is 10.3 Å². The van der Waals surface area contributed by atoms with E-state index in [9.17, 15) is 4.39 Å². The van der Waals surface area contributed by atoms with Crippen LogP contribution in [0.4, 0.5) is 15.8 Å². The summed E-state index contributed by atoms with van der Waals surface area (Å²) in [4.78, 5) is 2.03. The van der Waals surface area contributed by atoms with Crippen molar-refractivity contribution in [2.75, 3.05) is 23.9 Å². The van der Waals surface area contributed by atoms with E-state index in [0.29, 0.717) is 13.0 Å². The van der Waals surface area contributed by atoms with Gasteiger partial charge in [0.1, 0.15) is 5.82 Å². The van der Waals surface area contributed by atoms with Crippen molar-refractivity contribution in [1.82, 2.24) is 0 Å². The highest BCUT2D eigenvalue weighted by Crippen LogP contribution is 2.13. The first kappa shape index (κ1) is 15.5. The van der Waals surface area contributed by atoms with Crippen molar-refractivity contribution in [3.63, 3.8) is 0 Å².